The van der Waals surface area contributed by atoms with Crippen molar-refractivity contribution >= 4 is 77.8 Å². The minimum absolute atomic E-state index is 0.00672. The van der Waals surface area contributed by atoms with Crippen LogP contribution in [0.5, 0.6) is 0 Å². The second-order valence-corrected chi connectivity index (χ2v) is 11.1. The van der Waals surface area contributed by atoms with Gasteiger partial charge >= 0.3 is 0 Å². The molecule has 38 heavy (non-hydrogen) atoms. The molecule has 2 heterocycles. The lowest BCUT2D eigenvalue weighted by Gasteiger charge is -2.12. The number of halogens is 3. The molecule has 8 nitrogen and oxygen atoms in total. The Hall–Kier alpha value is -3.32. The van der Waals surface area contributed by atoms with Crippen LogP contribution in [-0.2, 0) is 11.3 Å². The molecular weight excluding hydrogens is 615 g/mol. The van der Waals surface area contributed by atoms with Gasteiger partial charge in [0.15, 0.2) is 16.1 Å². The van der Waals surface area contributed by atoms with Crippen LogP contribution < -0.4 is 10.6 Å². The highest BCUT2D eigenvalue weighted by molar-refractivity contribution is 9.10. The molecule has 3 aromatic carbocycles. The Morgan fingerprint density at radius 2 is 1.84 bits per heavy atom. The zero-order valence-electron chi connectivity index (χ0n) is 19.3. The number of carbonyl (C=O) groups excluding carboxylic acids is 2. The predicted molar refractivity (Wildman–Crippen MR) is 151 cm³/mol. The molecule has 5 rings (SSSR count). The van der Waals surface area contributed by atoms with Crippen molar-refractivity contribution in [1.82, 2.24) is 25.1 Å². The molecule has 0 saturated heterocycles. The number of thioether (sulfide) groups is 1. The van der Waals surface area contributed by atoms with Gasteiger partial charge in [0.05, 0.1) is 33.1 Å². The molecule has 0 radical (unpaired) electrons. The Balaban J connectivity index is 1.33. The van der Waals surface area contributed by atoms with Crippen molar-refractivity contribution in [2.75, 3.05) is 11.1 Å². The number of benzene rings is 3. The van der Waals surface area contributed by atoms with Gasteiger partial charge in [-0.15, -0.1) is 10.2 Å². The molecule has 0 bridgehead atoms. The molecular formula is C25H17BrClFN6O2S2. The van der Waals surface area contributed by atoms with Crippen LogP contribution in [0, 0.1) is 5.82 Å². The van der Waals surface area contributed by atoms with Gasteiger partial charge in [-0.3, -0.25) is 14.2 Å². The summed E-state index contributed by atoms with van der Waals surface area (Å²) in [5.41, 5.74) is 1.30. The van der Waals surface area contributed by atoms with E-state index >= 15 is 0 Å². The van der Waals surface area contributed by atoms with Crippen LogP contribution in [0.15, 0.2) is 76.4 Å². The normalized spacial score (nSPS) is 11.0. The fraction of sp³-hybridized carbons (Fsp3) is 0.0800. The number of carbonyl (C=O) groups is 2. The Labute approximate surface area is 237 Å². The number of anilines is 1. The lowest BCUT2D eigenvalue weighted by atomic mass is 10.2. The average molecular weight is 632 g/mol. The van der Waals surface area contributed by atoms with Crippen molar-refractivity contribution in [2.45, 2.75) is 11.7 Å². The van der Waals surface area contributed by atoms with E-state index in [-0.39, 0.29) is 28.8 Å². The third-order valence-corrected chi connectivity index (χ3v) is 7.98. The van der Waals surface area contributed by atoms with E-state index in [1.807, 2.05) is 48.5 Å². The van der Waals surface area contributed by atoms with Gasteiger partial charge in [0, 0.05) is 10.2 Å². The molecule has 0 spiro atoms. The van der Waals surface area contributed by atoms with Gasteiger partial charge in [-0.1, -0.05) is 68.8 Å². The number of rotatable bonds is 8. The van der Waals surface area contributed by atoms with E-state index in [1.54, 1.807) is 4.57 Å². The standard InChI is InChI=1S/C25H17BrClFN6O2S2/c26-14-8-10-15(11-9-14)34-20(12-29-23(36)22-16(27)4-3-5-17(22)28)32-33-25(34)37-13-21(35)31-24-30-18-6-1-2-7-19(18)38-24/h1-11H,12-13H2,(H,29,36)(H,30,31,35). The minimum Gasteiger partial charge on any atom is -0.345 e. The Morgan fingerprint density at radius 3 is 2.61 bits per heavy atom. The highest BCUT2D eigenvalue weighted by atomic mass is 79.9. The van der Waals surface area contributed by atoms with Crippen LogP contribution in [0.2, 0.25) is 5.02 Å². The summed E-state index contributed by atoms with van der Waals surface area (Å²) in [7, 11) is 0. The molecule has 0 aliphatic rings. The molecule has 0 aliphatic carbocycles. The van der Waals surface area contributed by atoms with Crippen molar-refractivity contribution in [1.29, 1.82) is 0 Å². The highest BCUT2D eigenvalue weighted by Crippen LogP contribution is 2.27. The zero-order chi connectivity index (χ0) is 26.6. The fourth-order valence-corrected chi connectivity index (χ4v) is 5.70. The molecule has 2 aromatic heterocycles. The second kappa shape index (κ2) is 11.6. The number of thiazole rings is 1. The molecule has 2 N–H and O–H groups in total. The second-order valence-electron chi connectivity index (χ2n) is 7.81. The third kappa shape index (κ3) is 5.88. The lowest BCUT2D eigenvalue weighted by Crippen LogP contribution is -2.26. The molecule has 192 valence electrons. The van der Waals surface area contributed by atoms with Crippen molar-refractivity contribution in [3.63, 3.8) is 0 Å². The van der Waals surface area contributed by atoms with Crippen molar-refractivity contribution in [2.24, 2.45) is 0 Å². The maximum Gasteiger partial charge on any atom is 0.256 e. The number of hydrogen-bond donors (Lipinski definition) is 2. The largest absolute Gasteiger partial charge is 0.345 e. The van der Waals surface area contributed by atoms with Crippen molar-refractivity contribution < 1.29 is 14.0 Å². The summed E-state index contributed by atoms with van der Waals surface area (Å²) in [4.78, 5) is 29.7. The molecule has 5 aromatic rings. The van der Waals surface area contributed by atoms with Gasteiger partial charge in [-0.25, -0.2) is 9.37 Å². The summed E-state index contributed by atoms with van der Waals surface area (Å²) in [6, 6.07) is 19.1. The summed E-state index contributed by atoms with van der Waals surface area (Å²) in [5, 5.41) is 14.9. The van der Waals surface area contributed by atoms with E-state index < -0.39 is 11.7 Å². The summed E-state index contributed by atoms with van der Waals surface area (Å²) in [5.74, 6) is -1.20. The number of para-hydroxylation sites is 1. The predicted octanol–water partition coefficient (Wildman–Crippen LogP) is 6.09. The Kier molecular flexibility index (Phi) is 8.03. The van der Waals surface area contributed by atoms with Crippen LogP contribution in [0.3, 0.4) is 0 Å². The van der Waals surface area contributed by atoms with E-state index in [1.165, 1.54) is 41.3 Å². The third-order valence-electron chi connectivity index (χ3n) is 5.25. The average Bonchev–Trinajstić information content (AvgIpc) is 3.50. The van der Waals surface area contributed by atoms with Gasteiger partial charge < -0.3 is 10.6 Å². The molecule has 0 fully saturated rings. The molecule has 0 saturated carbocycles. The van der Waals surface area contributed by atoms with Crippen LogP contribution in [0.25, 0.3) is 15.9 Å². The lowest BCUT2D eigenvalue weighted by molar-refractivity contribution is -0.113. The van der Waals surface area contributed by atoms with Crippen LogP contribution in [0.4, 0.5) is 9.52 Å². The summed E-state index contributed by atoms with van der Waals surface area (Å²) < 4.78 is 17.8. The molecule has 0 atom stereocenters. The maximum atomic E-state index is 14.2. The van der Waals surface area contributed by atoms with Gasteiger partial charge in [0.1, 0.15) is 5.82 Å². The Morgan fingerprint density at radius 1 is 1.05 bits per heavy atom. The van der Waals surface area contributed by atoms with Crippen LogP contribution in [-0.4, -0.2) is 37.3 Å². The first-order valence-corrected chi connectivity index (χ1v) is 14.1. The van der Waals surface area contributed by atoms with Gasteiger partial charge in [0.2, 0.25) is 5.91 Å². The summed E-state index contributed by atoms with van der Waals surface area (Å²) in [6.45, 7) is -0.0506. The first-order chi connectivity index (χ1) is 18.4. The fourth-order valence-electron chi connectivity index (χ4n) is 3.53. The number of amides is 2. The van der Waals surface area contributed by atoms with Crippen molar-refractivity contribution in [3.05, 3.63) is 93.4 Å². The number of nitrogens with one attached hydrogen (secondary N) is 2. The van der Waals surface area contributed by atoms with E-state index in [2.05, 4.69) is 41.7 Å². The van der Waals surface area contributed by atoms with E-state index in [0.717, 1.165) is 20.4 Å². The Bertz CT molecular complexity index is 1590. The zero-order valence-corrected chi connectivity index (χ0v) is 23.3. The number of fused-ring (bicyclic) bond motifs is 1. The maximum absolute atomic E-state index is 14.2. The molecule has 0 aliphatic heterocycles. The monoisotopic (exact) mass is 630 g/mol. The summed E-state index contributed by atoms with van der Waals surface area (Å²) in [6.07, 6.45) is 0. The van der Waals surface area contributed by atoms with E-state index in [0.29, 0.717) is 16.1 Å². The molecule has 2 amide bonds. The topological polar surface area (TPSA) is 102 Å². The van der Waals surface area contributed by atoms with Gasteiger partial charge in [-0.05, 0) is 48.5 Å². The van der Waals surface area contributed by atoms with Crippen molar-refractivity contribution in [3.8, 4) is 5.69 Å². The number of nitrogens with zero attached hydrogens (tertiary/aromatic N) is 4. The van der Waals surface area contributed by atoms with Crippen LogP contribution >= 0.6 is 50.6 Å². The highest BCUT2D eigenvalue weighted by Gasteiger charge is 2.20. The molecule has 0 unspecified atom stereocenters. The summed E-state index contributed by atoms with van der Waals surface area (Å²) >= 11 is 12.0. The van der Waals surface area contributed by atoms with E-state index in [4.69, 9.17) is 11.6 Å². The SMILES string of the molecule is O=C(CSc1nnc(CNC(=O)c2c(F)cccc2Cl)n1-c1ccc(Br)cc1)Nc1nc2ccccc2s1. The number of hydrogen-bond acceptors (Lipinski definition) is 7. The first-order valence-electron chi connectivity index (χ1n) is 11.1. The van der Waals surface area contributed by atoms with Gasteiger partial charge in [0.25, 0.3) is 5.91 Å². The quantitative estimate of drug-likeness (QED) is 0.201. The van der Waals surface area contributed by atoms with E-state index in [9.17, 15) is 14.0 Å². The van der Waals surface area contributed by atoms with Crippen LogP contribution in [0.1, 0.15) is 16.2 Å². The number of aromatic nitrogens is 4. The smallest absolute Gasteiger partial charge is 0.256 e. The van der Waals surface area contributed by atoms with Gasteiger partial charge in [-0.2, -0.15) is 0 Å². The molecule has 13 heteroatoms. The first kappa shape index (κ1) is 26.3. The minimum atomic E-state index is -0.722.